The van der Waals surface area contributed by atoms with Gasteiger partial charge in [-0.3, -0.25) is 10.1 Å². The maximum atomic E-state index is 13.5. The van der Waals surface area contributed by atoms with Crippen molar-refractivity contribution >= 4 is 15.7 Å². The largest absolute Gasteiger partial charge is 0.315 e. The molecule has 1 saturated heterocycles. The average molecular weight is 379 g/mol. The minimum Gasteiger partial charge on any atom is -0.315 e. The molecule has 1 aliphatic rings. The highest BCUT2D eigenvalue weighted by atomic mass is 32.2. The van der Waals surface area contributed by atoms with Crippen LogP contribution in [0.15, 0.2) is 53.4 Å². The minimum atomic E-state index is -3.86. The van der Waals surface area contributed by atoms with Gasteiger partial charge in [0.1, 0.15) is 5.82 Å². The molecule has 2 N–H and O–H groups in total. The van der Waals surface area contributed by atoms with Crippen LogP contribution >= 0.6 is 0 Å². The van der Waals surface area contributed by atoms with Crippen LogP contribution in [0.3, 0.4) is 0 Å². The summed E-state index contributed by atoms with van der Waals surface area (Å²) in [4.78, 5) is 10.1. The Kier molecular flexibility index (Phi) is 5.30. The topological polar surface area (TPSA) is 101 Å². The Hall–Kier alpha value is -2.36. The predicted octanol–water partition coefficient (Wildman–Crippen LogP) is 2.16. The van der Waals surface area contributed by atoms with Crippen LogP contribution in [0.25, 0.3) is 0 Å². The van der Waals surface area contributed by atoms with Crippen molar-refractivity contribution in [1.82, 2.24) is 10.0 Å². The Labute approximate surface area is 150 Å². The summed E-state index contributed by atoms with van der Waals surface area (Å²) < 4.78 is 41.5. The van der Waals surface area contributed by atoms with Crippen molar-refractivity contribution in [2.24, 2.45) is 0 Å². The third kappa shape index (κ3) is 4.06. The standard InChI is InChI=1S/C17H18FN3O4S/c18-13-3-1-2-12(10-13)16-8-9-19-11-17(16)20-26(24,25)15-6-4-14(5-7-15)21(22)23/h1-7,10,16-17,19-20H,8-9,11H2/t16-,17-/m1/s1. The number of sulfonamides is 1. The molecule has 2 aromatic carbocycles. The highest BCUT2D eigenvalue weighted by molar-refractivity contribution is 7.89. The first-order chi connectivity index (χ1) is 12.4. The van der Waals surface area contributed by atoms with Crippen LogP contribution in [-0.4, -0.2) is 32.5 Å². The Morgan fingerprint density at radius 3 is 2.58 bits per heavy atom. The first kappa shape index (κ1) is 18.4. The molecule has 0 unspecified atom stereocenters. The van der Waals surface area contributed by atoms with E-state index in [0.29, 0.717) is 19.5 Å². The minimum absolute atomic E-state index is 0.0494. The van der Waals surface area contributed by atoms with Gasteiger partial charge in [0.25, 0.3) is 5.69 Å². The number of hydrogen-bond acceptors (Lipinski definition) is 5. The molecule has 0 aromatic heterocycles. The third-order valence-corrected chi connectivity index (χ3v) is 5.93. The van der Waals surface area contributed by atoms with Gasteiger partial charge in [-0.15, -0.1) is 0 Å². The lowest BCUT2D eigenvalue weighted by molar-refractivity contribution is -0.384. The van der Waals surface area contributed by atoms with E-state index in [4.69, 9.17) is 0 Å². The van der Waals surface area contributed by atoms with Crippen molar-refractivity contribution < 1.29 is 17.7 Å². The summed E-state index contributed by atoms with van der Waals surface area (Å²) in [5.74, 6) is -0.530. The second kappa shape index (κ2) is 7.48. The lowest BCUT2D eigenvalue weighted by Gasteiger charge is -2.33. The molecule has 0 radical (unpaired) electrons. The van der Waals surface area contributed by atoms with Gasteiger partial charge in [0.15, 0.2) is 0 Å². The van der Waals surface area contributed by atoms with Gasteiger partial charge in [-0.05, 0) is 42.8 Å². The van der Waals surface area contributed by atoms with Gasteiger partial charge in [0.05, 0.1) is 9.82 Å². The fourth-order valence-electron chi connectivity index (χ4n) is 3.13. The van der Waals surface area contributed by atoms with Gasteiger partial charge in [0, 0.05) is 30.6 Å². The maximum absolute atomic E-state index is 13.5. The molecule has 138 valence electrons. The van der Waals surface area contributed by atoms with Crippen molar-refractivity contribution in [2.75, 3.05) is 13.1 Å². The average Bonchev–Trinajstić information content (AvgIpc) is 2.62. The zero-order valence-electron chi connectivity index (χ0n) is 13.8. The SMILES string of the molecule is O=[N+]([O-])c1ccc(S(=O)(=O)N[C@@H]2CNCC[C@@H]2c2cccc(F)c2)cc1. The third-order valence-electron chi connectivity index (χ3n) is 4.42. The Balaban J connectivity index is 1.83. The van der Waals surface area contributed by atoms with Crippen LogP contribution in [0.1, 0.15) is 17.9 Å². The van der Waals surface area contributed by atoms with Crippen molar-refractivity contribution in [3.63, 3.8) is 0 Å². The number of nitro groups is 1. The Morgan fingerprint density at radius 2 is 1.92 bits per heavy atom. The van der Waals surface area contributed by atoms with Crippen molar-refractivity contribution in [3.05, 3.63) is 70.0 Å². The molecule has 1 aliphatic heterocycles. The first-order valence-electron chi connectivity index (χ1n) is 8.10. The smallest absolute Gasteiger partial charge is 0.269 e. The number of nitrogens with zero attached hydrogens (tertiary/aromatic N) is 1. The molecule has 0 amide bonds. The number of non-ortho nitro benzene ring substituents is 1. The summed E-state index contributed by atoms with van der Waals surface area (Å²) in [7, 11) is -3.86. The van der Waals surface area contributed by atoms with E-state index >= 15 is 0 Å². The van der Waals surface area contributed by atoms with Gasteiger partial charge in [-0.2, -0.15) is 0 Å². The number of benzene rings is 2. The van der Waals surface area contributed by atoms with Crippen LogP contribution in [0.4, 0.5) is 10.1 Å². The molecule has 1 heterocycles. The second-order valence-electron chi connectivity index (χ2n) is 6.13. The van der Waals surface area contributed by atoms with E-state index in [2.05, 4.69) is 10.0 Å². The van der Waals surface area contributed by atoms with E-state index < -0.39 is 21.0 Å². The fraction of sp³-hybridized carbons (Fsp3) is 0.294. The Bertz CT molecular complexity index is 902. The van der Waals surface area contributed by atoms with Crippen LogP contribution in [0, 0.1) is 15.9 Å². The van der Waals surface area contributed by atoms with Crippen LogP contribution < -0.4 is 10.0 Å². The predicted molar refractivity (Wildman–Crippen MR) is 93.8 cm³/mol. The lowest BCUT2D eigenvalue weighted by Crippen LogP contribution is -2.49. The number of nitro benzene ring substituents is 1. The number of halogens is 1. The summed E-state index contributed by atoms with van der Waals surface area (Å²) in [6.45, 7) is 1.12. The number of nitrogens with one attached hydrogen (secondary N) is 2. The lowest BCUT2D eigenvalue weighted by atomic mass is 9.86. The van der Waals surface area contributed by atoms with Gasteiger partial charge in [-0.25, -0.2) is 17.5 Å². The van der Waals surface area contributed by atoms with E-state index in [1.165, 1.54) is 24.3 Å². The molecule has 9 heteroatoms. The van der Waals surface area contributed by atoms with E-state index in [1.807, 2.05) is 0 Å². The highest BCUT2D eigenvalue weighted by Gasteiger charge is 2.30. The molecule has 0 aliphatic carbocycles. The molecule has 7 nitrogen and oxygen atoms in total. The molecule has 2 aromatic rings. The zero-order valence-corrected chi connectivity index (χ0v) is 14.6. The molecular weight excluding hydrogens is 361 g/mol. The summed E-state index contributed by atoms with van der Waals surface area (Å²) in [5.41, 5.74) is 0.559. The van der Waals surface area contributed by atoms with E-state index in [1.54, 1.807) is 12.1 Å². The van der Waals surface area contributed by atoms with E-state index in [9.17, 15) is 22.9 Å². The molecule has 1 fully saturated rings. The normalized spacial score (nSPS) is 20.7. The van der Waals surface area contributed by atoms with Crippen molar-refractivity contribution in [2.45, 2.75) is 23.3 Å². The number of hydrogen-bond donors (Lipinski definition) is 2. The first-order valence-corrected chi connectivity index (χ1v) is 9.58. The van der Waals surface area contributed by atoms with Crippen LogP contribution in [0.2, 0.25) is 0 Å². The van der Waals surface area contributed by atoms with Gasteiger partial charge in [0.2, 0.25) is 10.0 Å². The summed E-state index contributed by atoms with van der Waals surface area (Å²) in [6.07, 6.45) is 0.664. The van der Waals surface area contributed by atoms with Gasteiger partial charge >= 0.3 is 0 Å². The highest BCUT2D eigenvalue weighted by Crippen LogP contribution is 2.27. The van der Waals surface area contributed by atoms with E-state index in [0.717, 1.165) is 17.7 Å². The van der Waals surface area contributed by atoms with Crippen molar-refractivity contribution in [3.8, 4) is 0 Å². The van der Waals surface area contributed by atoms with Crippen LogP contribution in [-0.2, 0) is 10.0 Å². The summed E-state index contributed by atoms with van der Waals surface area (Å²) >= 11 is 0. The molecule has 2 atom stereocenters. The molecule has 0 bridgehead atoms. The number of rotatable bonds is 5. The zero-order chi connectivity index (χ0) is 18.7. The van der Waals surface area contributed by atoms with Gasteiger partial charge in [-0.1, -0.05) is 12.1 Å². The molecular formula is C17H18FN3O4S. The maximum Gasteiger partial charge on any atom is 0.269 e. The molecule has 0 saturated carbocycles. The molecule has 3 rings (SSSR count). The Morgan fingerprint density at radius 1 is 1.19 bits per heavy atom. The molecule has 0 spiro atoms. The monoisotopic (exact) mass is 379 g/mol. The fourth-order valence-corrected chi connectivity index (χ4v) is 4.41. The summed E-state index contributed by atoms with van der Waals surface area (Å²) in [6, 6.07) is 10.4. The van der Waals surface area contributed by atoms with E-state index in [-0.39, 0.29) is 22.3 Å². The molecule has 26 heavy (non-hydrogen) atoms. The van der Waals surface area contributed by atoms with Gasteiger partial charge < -0.3 is 5.32 Å². The van der Waals surface area contributed by atoms with Crippen molar-refractivity contribution in [1.29, 1.82) is 0 Å². The van der Waals surface area contributed by atoms with Crippen LogP contribution in [0.5, 0.6) is 0 Å². The summed E-state index contributed by atoms with van der Waals surface area (Å²) in [5, 5.41) is 13.8. The second-order valence-corrected chi connectivity index (χ2v) is 7.85. The quantitative estimate of drug-likeness (QED) is 0.612. The number of piperidine rings is 1.